The lowest BCUT2D eigenvalue weighted by Gasteiger charge is -2.30. The van der Waals surface area contributed by atoms with Crippen LogP contribution < -0.4 is 15.5 Å². The summed E-state index contributed by atoms with van der Waals surface area (Å²) in [6.45, 7) is 1.35. The quantitative estimate of drug-likeness (QED) is 0.581. The van der Waals surface area contributed by atoms with Crippen molar-refractivity contribution in [3.05, 3.63) is 52.2 Å². The maximum Gasteiger partial charge on any atom is 0.309 e. The second-order valence-corrected chi connectivity index (χ2v) is 8.95. The molecule has 2 N–H and O–H groups in total. The van der Waals surface area contributed by atoms with Gasteiger partial charge < -0.3 is 15.5 Å². The van der Waals surface area contributed by atoms with Gasteiger partial charge >= 0.3 is 11.8 Å². The van der Waals surface area contributed by atoms with E-state index < -0.39 is 11.8 Å². The van der Waals surface area contributed by atoms with E-state index in [0.717, 1.165) is 38.6 Å². The lowest BCUT2D eigenvalue weighted by Crippen LogP contribution is -2.46. The van der Waals surface area contributed by atoms with E-state index in [9.17, 15) is 9.59 Å². The molecule has 1 aliphatic heterocycles. The van der Waals surface area contributed by atoms with Crippen LogP contribution in [0.2, 0.25) is 0 Å². The van der Waals surface area contributed by atoms with E-state index in [2.05, 4.69) is 51.2 Å². The summed E-state index contributed by atoms with van der Waals surface area (Å²) < 4.78 is 0. The normalized spacial score (nSPS) is 18.0. The van der Waals surface area contributed by atoms with Gasteiger partial charge in [0, 0.05) is 29.7 Å². The largest absolute Gasteiger partial charge is 0.361 e. The zero-order chi connectivity index (χ0) is 20.1. The molecule has 1 atom stereocenters. The monoisotopic (exact) mass is 411 g/mol. The van der Waals surface area contributed by atoms with Crippen LogP contribution in [0.4, 0.5) is 5.69 Å². The van der Waals surface area contributed by atoms with E-state index in [1.807, 2.05) is 6.07 Å². The molecule has 0 bridgehead atoms. The van der Waals surface area contributed by atoms with Crippen molar-refractivity contribution in [1.82, 2.24) is 10.6 Å². The molecule has 2 aliphatic rings. The number of carbonyl (C=O) groups is 2. The highest BCUT2D eigenvalue weighted by Gasteiger charge is 2.29. The van der Waals surface area contributed by atoms with E-state index in [1.165, 1.54) is 29.0 Å². The van der Waals surface area contributed by atoms with Gasteiger partial charge in [-0.05, 0) is 42.3 Å². The highest BCUT2D eigenvalue weighted by molar-refractivity contribution is 7.10. The summed E-state index contributed by atoms with van der Waals surface area (Å²) in [5.74, 6) is -1.02. The van der Waals surface area contributed by atoms with E-state index >= 15 is 0 Å². The van der Waals surface area contributed by atoms with E-state index in [0.29, 0.717) is 6.54 Å². The van der Waals surface area contributed by atoms with Gasteiger partial charge in [0.25, 0.3) is 0 Å². The number of hydrogen-bond acceptors (Lipinski definition) is 4. The molecule has 0 radical (unpaired) electrons. The zero-order valence-corrected chi connectivity index (χ0v) is 17.5. The Bertz CT molecular complexity index is 828. The molecule has 5 nitrogen and oxygen atoms in total. The highest BCUT2D eigenvalue weighted by Crippen LogP contribution is 2.36. The third-order valence-corrected chi connectivity index (χ3v) is 7.00. The predicted molar refractivity (Wildman–Crippen MR) is 117 cm³/mol. The number of nitrogens with one attached hydrogen (secondary N) is 2. The summed E-state index contributed by atoms with van der Waals surface area (Å²) in [5.41, 5.74) is 2.56. The molecule has 2 heterocycles. The van der Waals surface area contributed by atoms with Gasteiger partial charge in [0.05, 0.1) is 6.04 Å². The molecule has 2 amide bonds. The molecule has 0 saturated heterocycles. The Morgan fingerprint density at radius 3 is 2.59 bits per heavy atom. The number of amides is 2. The average Bonchev–Trinajstić information content (AvgIpc) is 3.34. The Kier molecular flexibility index (Phi) is 6.49. The van der Waals surface area contributed by atoms with Gasteiger partial charge in [0.2, 0.25) is 0 Å². The Balaban J connectivity index is 1.40. The minimum absolute atomic E-state index is 0.0354. The SMILES string of the molecule is O=C(NC[C@H](c1cccs1)N1CCc2ccccc21)C(=O)NC1CCCCCC1. The summed E-state index contributed by atoms with van der Waals surface area (Å²) in [5, 5.41) is 7.90. The fourth-order valence-electron chi connectivity index (χ4n) is 4.48. The smallest absolute Gasteiger partial charge is 0.309 e. The summed E-state index contributed by atoms with van der Waals surface area (Å²) >= 11 is 1.69. The van der Waals surface area contributed by atoms with Crippen molar-refractivity contribution in [2.75, 3.05) is 18.0 Å². The minimum atomic E-state index is -0.525. The maximum atomic E-state index is 12.5. The Labute approximate surface area is 176 Å². The van der Waals surface area contributed by atoms with Crippen molar-refractivity contribution in [3.63, 3.8) is 0 Å². The molecule has 1 aromatic carbocycles. The van der Waals surface area contributed by atoms with Crippen LogP contribution in [0.25, 0.3) is 0 Å². The molecule has 1 aliphatic carbocycles. The highest BCUT2D eigenvalue weighted by atomic mass is 32.1. The zero-order valence-electron chi connectivity index (χ0n) is 16.7. The molecule has 0 spiro atoms. The number of para-hydroxylation sites is 1. The van der Waals surface area contributed by atoms with Crippen LogP contribution in [0.3, 0.4) is 0 Å². The van der Waals surface area contributed by atoms with Gasteiger partial charge in [-0.2, -0.15) is 0 Å². The minimum Gasteiger partial charge on any atom is -0.361 e. The fourth-order valence-corrected chi connectivity index (χ4v) is 5.32. The second kappa shape index (κ2) is 9.44. The van der Waals surface area contributed by atoms with E-state index in [4.69, 9.17) is 0 Å². The van der Waals surface area contributed by atoms with Crippen molar-refractivity contribution in [3.8, 4) is 0 Å². The molecule has 2 aromatic rings. The van der Waals surface area contributed by atoms with Crippen LogP contribution >= 0.6 is 11.3 Å². The van der Waals surface area contributed by atoms with Crippen LogP contribution in [0, 0.1) is 0 Å². The molecular formula is C23H29N3O2S. The standard InChI is InChI=1S/C23H29N3O2S/c27-22(23(28)25-18-9-3-1-2-4-10-18)24-16-20(21-12-7-15-29-21)26-14-13-17-8-5-6-11-19(17)26/h5-8,11-12,15,18,20H,1-4,9-10,13-14,16H2,(H,24,27)(H,25,28)/t20-/m1/s1. The molecule has 1 fully saturated rings. The summed E-state index contributed by atoms with van der Waals surface area (Å²) in [7, 11) is 0. The molecule has 1 saturated carbocycles. The third kappa shape index (κ3) is 4.81. The predicted octanol–water partition coefficient (Wildman–Crippen LogP) is 3.81. The number of hydrogen-bond donors (Lipinski definition) is 2. The second-order valence-electron chi connectivity index (χ2n) is 7.98. The number of thiophene rings is 1. The summed E-state index contributed by atoms with van der Waals surface area (Å²) in [6, 6.07) is 12.7. The number of nitrogens with zero attached hydrogens (tertiary/aromatic N) is 1. The summed E-state index contributed by atoms with van der Waals surface area (Å²) in [4.78, 5) is 28.5. The van der Waals surface area contributed by atoms with E-state index in [1.54, 1.807) is 11.3 Å². The third-order valence-electron chi connectivity index (χ3n) is 6.02. The van der Waals surface area contributed by atoms with Crippen LogP contribution in [-0.4, -0.2) is 30.9 Å². The Morgan fingerprint density at radius 1 is 1.03 bits per heavy atom. The first kappa shape index (κ1) is 20.0. The Hall–Kier alpha value is -2.34. The first-order valence-corrected chi connectivity index (χ1v) is 11.6. The topological polar surface area (TPSA) is 61.4 Å². The molecular weight excluding hydrogens is 382 g/mol. The number of fused-ring (bicyclic) bond motifs is 1. The van der Waals surface area contributed by atoms with E-state index in [-0.39, 0.29) is 12.1 Å². The summed E-state index contributed by atoms with van der Waals surface area (Å²) in [6.07, 6.45) is 7.65. The van der Waals surface area contributed by atoms with Gasteiger partial charge in [-0.15, -0.1) is 11.3 Å². The number of rotatable bonds is 5. The van der Waals surface area contributed by atoms with Gasteiger partial charge in [-0.25, -0.2) is 0 Å². The van der Waals surface area contributed by atoms with Crippen LogP contribution in [0.5, 0.6) is 0 Å². The number of anilines is 1. The average molecular weight is 412 g/mol. The molecule has 4 rings (SSSR count). The van der Waals surface area contributed by atoms with Crippen LogP contribution in [0.15, 0.2) is 41.8 Å². The Morgan fingerprint density at radius 2 is 1.83 bits per heavy atom. The molecule has 6 heteroatoms. The van der Waals surface area contributed by atoms with Gasteiger partial charge in [0.1, 0.15) is 0 Å². The lowest BCUT2D eigenvalue weighted by molar-refractivity contribution is -0.139. The molecule has 29 heavy (non-hydrogen) atoms. The van der Waals surface area contributed by atoms with Crippen LogP contribution in [0.1, 0.15) is 55.0 Å². The lowest BCUT2D eigenvalue weighted by atomic mass is 10.1. The van der Waals surface area contributed by atoms with Crippen molar-refractivity contribution in [2.24, 2.45) is 0 Å². The first-order chi connectivity index (χ1) is 14.2. The van der Waals surface area contributed by atoms with Crippen LogP contribution in [-0.2, 0) is 16.0 Å². The molecule has 0 unspecified atom stereocenters. The number of benzene rings is 1. The van der Waals surface area contributed by atoms with Gasteiger partial charge in [-0.3, -0.25) is 9.59 Å². The molecule has 154 valence electrons. The van der Waals surface area contributed by atoms with Crippen molar-refractivity contribution in [1.29, 1.82) is 0 Å². The first-order valence-electron chi connectivity index (χ1n) is 10.7. The van der Waals surface area contributed by atoms with Crippen molar-refractivity contribution >= 4 is 28.8 Å². The van der Waals surface area contributed by atoms with Crippen molar-refractivity contribution < 1.29 is 9.59 Å². The maximum absolute atomic E-state index is 12.5. The fraction of sp³-hybridized carbons (Fsp3) is 0.478. The molecule has 1 aromatic heterocycles. The van der Waals surface area contributed by atoms with Gasteiger partial charge in [-0.1, -0.05) is 49.9 Å². The number of carbonyl (C=O) groups excluding carboxylic acids is 2. The van der Waals surface area contributed by atoms with Gasteiger partial charge in [0.15, 0.2) is 0 Å². The van der Waals surface area contributed by atoms with Crippen molar-refractivity contribution in [2.45, 2.75) is 57.0 Å².